The highest BCUT2D eigenvalue weighted by molar-refractivity contribution is 7.52. The lowest BCUT2D eigenvalue weighted by molar-refractivity contribution is -0.144. The van der Waals surface area contributed by atoms with E-state index in [0.717, 1.165) is 0 Å². The Morgan fingerprint density at radius 1 is 1.35 bits per heavy atom. The number of para-hydroxylation sites is 1. The molecule has 0 spiro atoms. The summed E-state index contributed by atoms with van der Waals surface area (Å²) in [6.45, 7) is 4.13. The summed E-state index contributed by atoms with van der Waals surface area (Å²) in [5.41, 5.74) is 4.98. The zero-order valence-electron chi connectivity index (χ0n) is 20.5. The number of fused-ring (bicyclic) bond motifs is 1. The first-order valence-corrected chi connectivity index (χ1v) is 13.1. The van der Waals surface area contributed by atoms with Gasteiger partial charge in [0.2, 0.25) is 0 Å². The highest BCUT2D eigenvalue weighted by atomic mass is 31.2. The molecule has 1 aliphatic rings. The molecule has 1 fully saturated rings. The summed E-state index contributed by atoms with van der Waals surface area (Å²) in [4.78, 5) is 16.0. The second-order valence-corrected chi connectivity index (χ2v) is 10.3. The van der Waals surface area contributed by atoms with Crippen LogP contribution in [0.2, 0.25) is 0 Å². The molecule has 6 unspecified atom stereocenters. The second-order valence-electron chi connectivity index (χ2n) is 8.62. The SMILES string of the molecule is CCOC(=O)C(C)NP(=O)(OCC1OC(C)(c2ccc3c(N)ncnn23)C(F)C1O)Oc1ccccc1. The van der Waals surface area contributed by atoms with E-state index in [1.54, 1.807) is 49.4 Å². The number of benzene rings is 1. The van der Waals surface area contributed by atoms with Crippen LogP contribution in [0.5, 0.6) is 5.75 Å². The van der Waals surface area contributed by atoms with Crippen molar-refractivity contribution in [3.05, 3.63) is 54.5 Å². The lowest BCUT2D eigenvalue weighted by Gasteiger charge is -2.27. The number of aliphatic hydroxyl groups is 1. The Kier molecular flexibility index (Phi) is 7.81. The van der Waals surface area contributed by atoms with Gasteiger partial charge in [0.1, 0.15) is 41.4 Å². The molecule has 3 heterocycles. The minimum absolute atomic E-state index is 0.124. The number of halogens is 1. The maximum Gasteiger partial charge on any atom is 0.459 e. The number of nitrogen functional groups attached to an aromatic ring is 1. The number of anilines is 1. The molecule has 14 heteroatoms. The average molecular weight is 537 g/mol. The fraction of sp³-hybridized carbons (Fsp3) is 0.435. The zero-order valence-corrected chi connectivity index (χ0v) is 21.4. The first-order valence-electron chi connectivity index (χ1n) is 11.6. The average Bonchev–Trinajstić information content (AvgIpc) is 3.40. The van der Waals surface area contributed by atoms with Gasteiger partial charge in [-0.3, -0.25) is 9.32 Å². The van der Waals surface area contributed by atoms with Crippen LogP contribution < -0.4 is 15.3 Å². The molecule has 0 bridgehead atoms. The first kappa shape index (κ1) is 27.0. The van der Waals surface area contributed by atoms with Crippen LogP contribution in [0, 0.1) is 0 Å². The van der Waals surface area contributed by atoms with Crippen molar-refractivity contribution in [1.29, 1.82) is 0 Å². The maximum absolute atomic E-state index is 15.5. The largest absolute Gasteiger partial charge is 0.465 e. The van der Waals surface area contributed by atoms with Crippen molar-refractivity contribution in [2.45, 2.75) is 50.8 Å². The molecule has 6 atom stereocenters. The van der Waals surface area contributed by atoms with Gasteiger partial charge in [-0.25, -0.2) is 18.5 Å². The Hall–Kier alpha value is -3.09. The minimum Gasteiger partial charge on any atom is -0.465 e. The number of carbonyl (C=O) groups excluding carboxylic acids is 1. The van der Waals surface area contributed by atoms with Crippen LogP contribution in [0.3, 0.4) is 0 Å². The molecule has 37 heavy (non-hydrogen) atoms. The molecule has 0 radical (unpaired) electrons. The van der Waals surface area contributed by atoms with E-state index in [4.69, 9.17) is 24.3 Å². The summed E-state index contributed by atoms with van der Waals surface area (Å²) in [6, 6.07) is 10.3. The maximum atomic E-state index is 15.5. The molecule has 0 aliphatic carbocycles. The Morgan fingerprint density at radius 2 is 2.08 bits per heavy atom. The van der Waals surface area contributed by atoms with E-state index in [9.17, 15) is 14.5 Å². The van der Waals surface area contributed by atoms with Crippen LogP contribution in [-0.2, 0) is 29.0 Å². The molecule has 1 saturated heterocycles. The third-order valence-corrected chi connectivity index (χ3v) is 7.61. The van der Waals surface area contributed by atoms with Crippen LogP contribution in [0.1, 0.15) is 26.5 Å². The van der Waals surface area contributed by atoms with E-state index < -0.39 is 50.3 Å². The lowest BCUT2D eigenvalue weighted by atomic mass is 9.94. The fourth-order valence-electron chi connectivity index (χ4n) is 4.07. The van der Waals surface area contributed by atoms with Gasteiger partial charge in [0, 0.05) is 0 Å². The standard InChI is InChI=1S/C23H29FN5O7P/c1-4-33-22(31)14(2)28-37(32,36-15-8-6-5-7-9-15)34-12-17-19(30)20(24)23(3,35-17)18-11-10-16-21(25)26-13-27-29(16)18/h5-11,13-14,17,19-20,30H,4,12H2,1-3H3,(H,28,32)(H2,25,26,27). The number of rotatable bonds is 10. The number of alkyl halides is 1. The predicted octanol–water partition coefficient (Wildman–Crippen LogP) is 2.37. The highest BCUT2D eigenvalue weighted by Crippen LogP contribution is 2.47. The number of esters is 1. The summed E-state index contributed by atoms with van der Waals surface area (Å²) in [6.07, 6.45) is -3.54. The number of aromatic nitrogens is 3. The predicted molar refractivity (Wildman–Crippen MR) is 130 cm³/mol. The van der Waals surface area contributed by atoms with Crippen molar-refractivity contribution in [2.75, 3.05) is 18.9 Å². The number of nitrogens with two attached hydrogens (primary N) is 1. The van der Waals surface area contributed by atoms with E-state index in [0.29, 0.717) is 11.2 Å². The summed E-state index contributed by atoms with van der Waals surface area (Å²) < 4.78 is 52.5. The number of nitrogens with zero attached hydrogens (tertiary/aromatic N) is 3. The van der Waals surface area contributed by atoms with E-state index in [2.05, 4.69) is 15.2 Å². The molecular formula is C23H29FN5O7P. The molecule has 200 valence electrons. The number of nitrogens with one attached hydrogen (secondary N) is 1. The Balaban J connectivity index is 1.54. The Morgan fingerprint density at radius 3 is 2.78 bits per heavy atom. The van der Waals surface area contributed by atoms with Crippen molar-refractivity contribution < 1.29 is 37.4 Å². The van der Waals surface area contributed by atoms with Crippen molar-refractivity contribution in [2.24, 2.45) is 0 Å². The van der Waals surface area contributed by atoms with Crippen molar-refractivity contribution >= 4 is 25.1 Å². The molecule has 2 aromatic heterocycles. The van der Waals surface area contributed by atoms with Gasteiger partial charge in [0.25, 0.3) is 0 Å². The van der Waals surface area contributed by atoms with Gasteiger partial charge in [-0.15, -0.1) is 0 Å². The third kappa shape index (κ3) is 5.46. The van der Waals surface area contributed by atoms with Gasteiger partial charge < -0.3 is 24.8 Å². The van der Waals surface area contributed by atoms with Crippen LogP contribution in [0.4, 0.5) is 10.2 Å². The molecule has 4 N–H and O–H groups in total. The van der Waals surface area contributed by atoms with Gasteiger partial charge in [-0.2, -0.15) is 10.2 Å². The second kappa shape index (κ2) is 10.7. The Bertz CT molecular complexity index is 1290. The molecule has 0 amide bonds. The van der Waals surface area contributed by atoms with Crippen molar-refractivity contribution in [1.82, 2.24) is 19.7 Å². The number of hydrogen-bond acceptors (Lipinski definition) is 10. The molecule has 1 aromatic carbocycles. The molecule has 0 saturated carbocycles. The van der Waals surface area contributed by atoms with Gasteiger partial charge in [-0.05, 0) is 45.0 Å². The number of carbonyl (C=O) groups is 1. The van der Waals surface area contributed by atoms with Gasteiger partial charge >= 0.3 is 13.7 Å². The number of hydrogen-bond donors (Lipinski definition) is 3. The third-order valence-electron chi connectivity index (χ3n) is 5.96. The lowest BCUT2D eigenvalue weighted by Crippen LogP contribution is -2.37. The van der Waals surface area contributed by atoms with Gasteiger partial charge in [-0.1, -0.05) is 18.2 Å². The van der Waals surface area contributed by atoms with Crippen LogP contribution in [0.25, 0.3) is 5.52 Å². The number of ether oxygens (including phenoxy) is 2. The summed E-state index contributed by atoms with van der Waals surface area (Å²) in [5.74, 6) is -0.273. The molecular weight excluding hydrogens is 508 g/mol. The van der Waals surface area contributed by atoms with Gasteiger partial charge in [0.15, 0.2) is 12.0 Å². The van der Waals surface area contributed by atoms with E-state index in [1.807, 2.05) is 0 Å². The summed E-state index contributed by atoms with van der Waals surface area (Å²) in [7, 11) is -4.23. The minimum atomic E-state index is -4.23. The van der Waals surface area contributed by atoms with E-state index in [-0.39, 0.29) is 18.2 Å². The first-order chi connectivity index (χ1) is 17.6. The van der Waals surface area contributed by atoms with E-state index in [1.165, 1.54) is 24.7 Å². The summed E-state index contributed by atoms with van der Waals surface area (Å²) in [5, 5.41) is 17.3. The van der Waals surface area contributed by atoms with Crippen LogP contribution in [0.15, 0.2) is 48.8 Å². The molecule has 4 rings (SSSR count). The quantitative estimate of drug-likeness (QED) is 0.257. The number of aliphatic hydroxyl groups excluding tert-OH is 1. The zero-order chi connectivity index (χ0) is 26.8. The monoisotopic (exact) mass is 537 g/mol. The highest BCUT2D eigenvalue weighted by Gasteiger charge is 2.55. The van der Waals surface area contributed by atoms with Crippen molar-refractivity contribution in [3.63, 3.8) is 0 Å². The molecule has 12 nitrogen and oxygen atoms in total. The Labute approximate surface area is 212 Å². The molecule has 1 aliphatic heterocycles. The topological polar surface area (TPSA) is 160 Å². The van der Waals surface area contributed by atoms with Crippen LogP contribution >= 0.6 is 7.75 Å². The van der Waals surface area contributed by atoms with E-state index >= 15 is 4.39 Å². The fourth-order valence-corrected chi connectivity index (χ4v) is 5.57. The smallest absolute Gasteiger partial charge is 0.459 e. The summed E-state index contributed by atoms with van der Waals surface area (Å²) >= 11 is 0. The van der Waals surface area contributed by atoms with Crippen molar-refractivity contribution in [3.8, 4) is 5.75 Å². The van der Waals surface area contributed by atoms with Crippen LogP contribution in [-0.4, -0.2) is 63.3 Å². The normalized spacial score (nSPS) is 26.0. The van der Waals surface area contributed by atoms with Gasteiger partial charge in [0.05, 0.1) is 18.9 Å². The molecule has 3 aromatic rings.